The van der Waals surface area contributed by atoms with Gasteiger partial charge in [-0.3, -0.25) is 23.5 Å². The molecule has 0 spiro atoms. The molecule has 0 bridgehead atoms. The normalized spacial score (nSPS) is 10.1. The third kappa shape index (κ3) is 3.06. The number of aliphatic carboxylic acids is 1. The van der Waals surface area contributed by atoms with Gasteiger partial charge in [0.2, 0.25) is 5.91 Å². The topological polar surface area (TPSA) is 102 Å². The predicted molar refractivity (Wildman–Crippen MR) is 61.2 cm³/mol. The number of hydrogen-bond donors (Lipinski definition) is 1. The molecule has 0 unspecified atom stereocenters. The molecule has 8 nitrogen and oxygen atoms in total. The second-order valence-electron chi connectivity index (χ2n) is 3.77. The molecule has 1 heterocycles. The third-order valence-electron chi connectivity index (χ3n) is 2.36. The summed E-state index contributed by atoms with van der Waals surface area (Å²) >= 11 is 0. The Balaban J connectivity index is 2.89. The van der Waals surface area contributed by atoms with Gasteiger partial charge in [0.1, 0.15) is 13.1 Å². The number of carbonyl (C=O) groups is 2. The van der Waals surface area contributed by atoms with E-state index in [1.54, 1.807) is 0 Å². The Kier molecular flexibility index (Phi) is 4.03. The lowest BCUT2D eigenvalue weighted by molar-refractivity contribution is -0.143. The summed E-state index contributed by atoms with van der Waals surface area (Å²) in [6.45, 7) is -0.754. The standard InChI is InChI=1S/C10H13N3O5/c1-11(6-9(16)17)8(15)5-13-4-3-7(14)12(2)10(13)18/h3-4H,5-6H2,1-2H3,(H,16,17). The number of carboxylic acid groups (broad SMARTS) is 1. The zero-order chi connectivity index (χ0) is 13.9. The highest BCUT2D eigenvalue weighted by atomic mass is 16.4. The molecule has 0 aliphatic carbocycles. The minimum atomic E-state index is -1.14. The van der Waals surface area contributed by atoms with Crippen molar-refractivity contribution in [2.45, 2.75) is 6.54 Å². The van der Waals surface area contributed by atoms with Gasteiger partial charge in [0.15, 0.2) is 0 Å². The van der Waals surface area contributed by atoms with E-state index in [1.165, 1.54) is 20.3 Å². The van der Waals surface area contributed by atoms with Gasteiger partial charge < -0.3 is 10.0 Å². The Morgan fingerprint density at radius 3 is 2.56 bits per heavy atom. The molecular weight excluding hydrogens is 242 g/mol. The molecule has 8 heteroatoms. The maximum absolute atomic E-state index is 11.6. The van der Waals surface area contributed by atoms with Crippen molar-refractivity contribution < 1.29 is 14.7 Å². The van der Waals surface area contributed by atoms with Crippen molar-refractivity contribution in [2.24, 2.45) is 7.05 Å². The molecule has 0 radical (unpaired) electrons. The first-order chi connectivity index (χ1) is 8.32. The number of carbonyl (C=O) groups excluding carboxylic acids is 1. The lowest BCUT2D eigenvalue weighted by Gasteiger charge is -2.15. The maximum atomic E-state index is 11.6. The molecule has 0 aliphatic rings. The summed E-state index contributed by atoms with van der Waals surface area (Å²) in [5.74, 6) is -1.67. The Bertz CT molecular complexity index is 586. The fourth-order valence-corrected chi connectivity index (χ4v) is 1.29. The van der Waals surface area contributed by atoms with E-state index in [4.69, 9.17) is 5.11 Å². The van der Waals surface area contributed by atoms with Gasteiger partial charge in [-0.1, -0.05) is 0 Å². The van der Waals surface area contributed by atoms with Crippen molar-refractivity contribution in [1.82, 2.24) is 14.0 Å². The van der Waals surface area contributed by atoms with Crippen molar-refractivity contribution in [1.29, 1.82) is 0 Å². The lowest BCUT2D eigenvalue weighted by atomic mass is 10.4. The first kappa shape index (κ1) is 13.7. The summed E-state index contributed by atoms with van der Waals surface area (Å²) in [6.07, 6.45) is 1.21. The first-order valence-electron chi connectivity index (χ1n) is 5.05. The first-order valence-corrected chi connectivity index (χ1v) is 5.05. The van der Waals surface area contributed by atoms with Gasteiger partial charge in [0.05, 0.1) is 0 Å². The summed E-state index contributed by atoms with van der Waals surface area (Å²) in [5, 5.41) is 8.53. The van der Waals surface area contributed by atoms with E-state index in [0.29, 0.717) is 0 Å². The van der Waals surface area contributed by atoms with Crippen LogP contribution in [-0.4, -0.2) is 44.6 Å². The molecule has 0 fully saturated rings. The fraction of sp³-hybridized carbons (Fsp3) is 0.400. The molecule has 0 atom stereocenters. The summed E-state index contributed by atoms with van der Waals surface area (Å²) in [7, 11) is 2.62. The van der Waals surface area contributed by atoms with Gasteiger partial charge in [0, 0.05) is 26.4 Å². The molecule has 1 amide bonds. The van der Waals surface area contributed by atoms with E-state index in [9.17, 15) is 19.2 Å². The van der Waals surface area contributed by atoms with Crippen molar-refractivity contribution in [2.75, 3.05) is 13.6 Å². The highest BCUT2D eigenvalue weighted by molar-refractivity contribution is 5.80. The predicted octanol–water partition coefficient (Wildman–Crippen LogP) is -1.91. The van der Waals surface area contributed by atoms with Crippen molar-refractivity contribution in [3.8, 4) is 0 Å². The number of hydrogen-bond acceptors (Lipinski definition) is 4. The molecule has 0 saturated heterocycles. The Hall–Kier alpha value is -2.38. The molecular formula is C10H13N3O5. The Morgan fingerprint density at radius 2 is 2.00 bits per heavy atom. The van der Waals surface area contributed by atoms with E-state index >= 15 is 0 Å². The average Bonchev–Trinajstić information content (AvgIpc) is 2.29. The van der Waals surface area contributed by atoms with E-state index < -0.39 is 29.7 Å². The highest BCUT2D eigenvalue weighted by Crippen LogP contribution is 1.88. The van der Waals surface area contributed by atoms with Crippen molar-refractivity contribution >= 4 is 11.9 Å². The number of rotatable bonds is 4. The average molecular weight is 255 g/mol. The van der Waals surface area contributed by atoms with Crippen LogP contribution in [-0.2, 0) is 23.2 Å². The minimum Gasteiger partial charge on any atom is -0.480 e. The van der Waals surface area contributed by atoms with Gasteiger partial charge >= 0.3 is 11.7 Å². The molecule has 0 saturated carbocycles. The molecule has 1 aromatic heterocycles. The monoisotopic (exact) mass is 255 g/mol. The van der Waals surface area contributed by atoms with Crippen molar-refractivity contribution in [3.05, 3.63) is 33.1 Å². The van der Waals surface area contributed by atoms with Gasteiger partial charge in [-0.25, -0.2) is 4.79 Å². The summed E-state index contributed by atoms with van der Waals surface area (Å²) in [5.41, 5.74) is -1.10. The third-order valence-corrected chi connectivity index (χ3v) is 2.36. The van der Waals surface area contributed by atoms with E-state index in [0.717, 1.165) is 20.1 Å². The minimum absolute atomic E-state index is 0.309. The van der Waals surface area contributed by atoms with E-state index in [1.807, 2.05) is 0 Å². The smallest absolute Gasteiger partial charge is 0.331 e. The molecule has 18 heavy (non-hydrogen) atoms. The molecule has 0 aromatic carbocycles. The second-order valence-corrected chi connectivity index (χ2v) is 3.77. The number of amides is 1. The summed E-state index contributed by atoms with van der Waals surface area (Å²) < 4.78 is 1.91. The van der Waals surface area contributed by atoms with Crippen LogP contribution >= 0.6 is 0 Å². The molecule has 98 valence electrons. The lowest BCUT2D eigenvalue weighted by Crippen LogP contribution is -2.41. The summed E-state index contributed by atoms with van der Waals surface area (Å²) in [6, 6.07) is 1.16. The number of carboxylic acids is 1. The largest absolute Gasteiger partial charge is 0.480 e. The van der Waals surface area contributed by atoms with Gasteiger partial charge in [0.25, 0.3) is 5.56 Å². The summed E-state index contributed by atoms with van der Waals surface area (Å²) in [4.78, 5) is 45.8. The van der Waals surface area contributed by atoms with Crippen LogP contribution in [0.25, 0.3) is 0 Å². The van der Waals surface area contributed by atoms with Crippen LogP contribution in [0.5, 0.6) is 0 Å². The van der Waals surface area contributed by atoms with Gasteiger partial charge in [-0.2, -0.15) is 0 Å². The van der Waals surface area contributed by atoms with Crippen LogP contribution in [0, 0.1) is 0 Å². The number of aromatic nitrogens is 2. The van der Waals surface area contributed by atoms with Crippen LogP contribution in [0.1, 0.15) is 0 Å². The molecule has 1 N–H and O–H groups in total. The molecule has 0 aliphatic heterocycles. The molecule has 1 aromatic rings. The quantitative estimate of drug-likeness (QED) is 0.676. The van der Waals surface area contributed by atoms with Crippen LogP contribution in [0.15, 0.2) is 21.9 Å². The molecule has 1 rings (SSSR count). The van der Waals surface area contributed by atoms with Crippen LogP contribution in [0.4, 0.5) is 0 Å². The number of likely N-dealkylation sites (N-methyl/N-ethyl adjacent to an activating group) is 1. The van der Waals surface area contributed by atoms with Gasteiger partial charge in [-0.15, -0.1) is 0 Å². The van der Waals surface area contributed by atoms with Crippen LogP contribution in [0.2, 0.25) is 0 Å². The highest BCUT2D eigenvalue weighted by Gasteiger charge is 2.13. The fourth-order valence-electron chi connectivity index (χ4n) is 1.29. The van der Waals surface area contributed by atoms with Crippen LogP contribution in [0.3, 0.4) is 0 Å². The van der Waals surface area contributed by atoms with E-state index in [2.05, 4.69) is 0 Å². The van der Waals surface area contributed by atoms with Crippen molar-refractivity contribution in [3.63, 3.8) is 0 Å². The van der Waals surface area contributed by atoms with Crippen LogP contribution < -0.4 is 11.2 Å². The van der Waals surface area contributed by atoms with E-state index in [-0.39, 0.29) is 6.54 Å². The zero-order valence-corrected chi connectivity index (χ0v) is 9.99. The maximum Gasteiger partial charge on any atom is 0.331 e. The number of nitrogens with zero attached hydrogens (tertiary/aromatic N) is 3. The SMILES string of the molecule is CN(CC(=O)O)C(=O)Cn1ccc(=O)n(C)c1=O. The second kappa shape index (κ2) is 5.30. The Labute approximate surface area is 102 Å². The zero-order valence-electron chi connectivity index (χ0n) is 9.99. The van der Waals surface area contributed by atoms with Gasteiger partial charge in [-0.05, 0) is 0 Å². The Morgan fingerprint density at radius 1 is 1.39 bits per heavy atom.